The normalized spacial score (nSPS) is 21.7. The monoisotopic (exact) mass is 426 g/mol. The number of carbonyl (C=O) groups is 1. The van der Waals surface area contributed by atoms with Crippen LogP contribution in [0.25, 0.3) is 0 Å². The molecule has 0 heterocycles. The van der Waals surface area contributed by atoms with E-state index in [0.29, 0.717) is 25.2 Å². The van der Waals surface area contributed by atoms with Crippen LogP contribution in [0.15, 0.2) is 4.99 Å². The van der Waals surface area contributed by atoms with Crippen LogP contribution in [0, 0.1) is 5.92 Å². The average molecular weight is 426 g/mol. The number of rotatable bonds is 7. The van der Waals surface area contributed by atoms with Gasteiger partial charge in [0.2, 0.25) is 5.91 Å². The molecule has 0 spiro atoms. The molecular weight excluding hydrogens is 395 g/mol. The lowest BCUT2D eigenvalue weighted by molar-refractivity contribution is -0.120. The lowest BCUT2D eigenvalue weighted by atomic mass is 9.84. The summed E-state index contributed by atoms with van der Waals surface area (Å²) in [6, 6.07) is 0.464. The molecule has 2 unspecified atom stereocenters. The van der Waals surface area contributed by atoms with Crippen molar-refractivity contribution in [1.82, 2.24) is 16.0 Å². The summed E-state index contributed by atoms with van der Waals surface area (Å²) < 4.78 is 4.89. The Morgan fingerprint density at radius 2 is 2.09 bits per heavy atom. The van der Waals surface area contributed by atoms with Crippen molar-refractivity contribution < 1.29 is 9.53 Å². The average Bonchev–Trinajstić information content (AvgIpc) is 2.51. The number of ether oxygens (including phenoxy) is 1. The maximum Gasteiger partial charge on any atom is 0.239 e. The molecule has 7 heteroatoms. The lowest BCUT2D eigenvalue weighted by Crippen LogP contribution is -2.48. The zero-order valence-corrected chi connectivity index (χ0v) is 16.3. The van der Waals surface area contributed by atoms with Crippen molar-refractivity contribution in [3.05, 3.63) is 0 Å². The molecule has 1 fully saturated rings. The first-order valence-electron chi connectivity index (χ1n) is 7.92. The number of amides is 1. The SMILES string of the molecule is CCC1CCCC(NC(=NC)NCC(=O)NCCOC)C1.I. The van der Waals surface area contributed by atoms with E-state index in [0.717, 1.165) is 5.92 Å². The van der Waals surface area contributed by atoms with Gasteiger partial charge in [0, 0.05) is 26.7 Å². The zero-order valence-electron chi connectivity index (χ0n) is 14.0. The summed E-state index contributed by atoms with van der Waals surface area (Å²) in [7, 11) is 3.35. The Kier molecular flexibility index (Phi) is 12.6. The number of carbonyl (C=O) groups excluding carboxylic acids is 1. The van der Waals surface area contributed by atoms with Gasteiger partial charge in [-0.05, 0) is 18.8 Å². The third-order valence-corrected chi connectivity index (χ3v) is 3.97. The highest BCUT2D eigenvalue weighted by Gasteiger charge is 2.21. The quantitative estimate of drug-likeness (QED) is 0.250. The maximum absolute atomic E-state index is 11.6. The van der Waals surface area contributed by atoms with Crippen LogP contribution < -0.4 is 16.0 Å². The van der Waals surface area contributed by atoms with Gasteiger partial charge in [-0.1, -0.05) is 26.2 Å². The zero-order chi connectivity index (χ0) is 15.5. The van der Waals surface area contributed by atoms with Gasteiger partial charge in [0.25, 0.3) is 0 Å². The van der Waals surface area contributed by atoms with Crippen molar-refractivity contribution in [2.45, 2.75) is 45.1 Å². The standard InChI is InChI=1S/C15H30N4O2.HI/c1-4-12-6-5-7-13(10-12)19-15(16-2)18-11-14(20)17-8-9-21-3;/h12-13H,4-11H2,1-3H3,(H,17,20)(H2,16,18,19);1H. The van der Waals surface area contributed by atoms with Crippen LogP contribution in [-0.2, 0) is 9.53 Å². The third-order valence-electron chi connectivity index (χ3n) is 3.97. The molecule has 1 rings (SSSR count). The van der Waals surface area contributed by atoms with Crippen molar-refractivity contribution in [2.24, 2.45) is 10.9 Å². The van der Waals surface area contributed by atoms with Gasteiger partial charge in [-0.2, -0.15) is 0 Å². The smallest absolute Gasteiger partial charge is 0.239 e. The summed E-state index contributed by atoms with van der Waals surface area (Å²) in [5.41, 5.74) is 0. The Morgan fingerprint density at radius 3 is 2.73 bits per heavy atom. The molecule has 0 bridgehead atoms. The highest BCUT2D eigenvalue weighted by atomic mass is 127. The van der Waals surface area contributed by atoms with Crippen molar-refractivity contribution in [3.63, 3.8) is 0 Å². The minimum atomic E-state index is -0.0509. The first-order chi connectivity index (χ1) is 10.2. The summed E-state index contributed by atoms with van der Waals surface area (Å²) in [6.07, 6.45) is 6.22. The van der Waals surface area contributed by atoms with E-state index in [1.54, 1.807) is 14.2 Å². The van der Waals surface area contributed by atoms with E-state index < -0.39 is 0 Å². The second kappa shape index (κ2) is 12.9. The number of methoxy groups -OCH3 is 1. The van der Waals surface area contributed by atoms with Gasteiger partial charge < -0.3 is 20.7 Å². The fraction of sp³-hybridized carbons (Fsp3) is 0.867. The molecule has 0 saturated heterocycles. The molecule has 1 amide bonds. The molecule has 22 heavy (non-hydrogen) atoms. The number of nitrogens with one attached hydrogen (secondary N) is 3. The van der Waals surface area contributed by atoms with Crippen LogP contribution >= 0.6 is 24.0 Å². The minimum absolute atomic E-state index is 0. The Balaban J connectivity index is 0.00000441. The van der Waals surface area contributed by atoms with Gasteiger partial charge in [-0.3, -0.25) is 9.79 Å². The summed E-state index contributed by atoms with van der Waals surface area (Å²) in [4.78, 5) is 15.8. The van der Waals surface area contributed by atoms with Crippen LogP contribution in [0.2, 0.25) is 0 Å². The molecule has 3 N–H and O–H groups in total. The summed E-state index contributed by atoms with van der Waals surface area (Å²) in [6.45, 7) is 3.54. The molecule has 0 aromatic carbocycles. The molecule has 0 aliphatic heterocycles. The third kappa shape index (κ3) is 8.77. The van der Waals surface area contributed by atoms with Crippen LogP contribution in [0.5, 0.6) is 0 Å². The lowest BCUT2D eigenvalue weighted by Gasteiger charge is -2.30. The Labute approximate surface area is 151 Å². The first kappa shape index (κ1) is 21.4. The minimum Gasteiger partial charge on any atom is -0.383 e. The molecule has 130 valence electrons. The van der Waals surface area contributed by atoms with E-state index in [1.807, 2.05) is 0 Å². The molecule has 0 aromatic heterocycles. The van der Waals surface area contributed by atoms with Gasteiger partial charge in [0.1, 0.15) is 0 Å². The molecule has 2 atom stereocenters. The number of nitrogens with zero attached hydrogens (tertiary/aromatic N) is 1. The molecule has 0 aromatic rings. The number of guanidine groups is 1. The second-order valence-corrected chi connectivity index (χ2v) is 5.55. The summed E-state index contributed by atoms with van der Waals surface area (Å²) >= 11 is 0. The largest absolute Gasteiger partial charge is 0.383 e. The van der Waals surface area contributed by atoms with Gasteiger partial charge in [0.05, 0.1) is 13.2 Å². The van der Waals surface area contributed by atoms with Crippen molar-refractivity contribution in [2.75, 3.05) is 33.9 Å². The van der Waals surface area contributed by atoms with Gasteiger partial charge in [0.15, 0.2) is 5.96 Å². The predicted molar refractivity (Wildman–Crippen MR) is 101 cm³/mol. The molecule has 1 saturated carbocycles. The van der Waals surface area contributed by atoms with Crippen LogP contribution in [0.1, 0.15) is 39.0 Å². The highest BCUT2D eigenvalue weighted by molar-refractivity contribution is 14.0. The van der Waals surface area contributed by atoms with E-state index in [2.05, 4.69) is 27.9 Å². The fourth-order valence-corrected chi connectivity index (χ4v) is 2.70. The molecule has 1 aliphatic rings. The van der Waals surface area contributed by atoms with Gasteiger partial charge >= 0.3 is 0 Å². The van der Waals surface area contributed by atoms with E-state index in [1.165, 1.54) is 32.1 Å². The van der Waals surface area contributed by atoms with Crippen LogP contribution in [-0.4, -0.2) is 51.8 Å². The van der Waals surface area contributed by atoms with Crippen molar-refractivity contribution in [3.8, 4) is 0 Å². The topological polar surface area (TPSA) is 74.8 Å². The Bertz CT molecular complexity index is 340. The number of hydrogen-bond donors (Lipinski definition) is 3. The van der Waals surface area contributed by atoms with Gasteiger partial charge in [-0.25, -0.2) is 0 Å². The van der Waals surface area contributed by atoms with Gasteiger partial charge in [-0.15, -0.1) is 24.0 Å². The number of halogens is 1. The van der Waals surface area contributed by atoms with Crippen molar-refractivity contribution >= 4 is 35.8 Å². The molecular formula is C15H31IN4O2. The van der Waals surface area contributed by atoms with E-state index >= 15 is 0 Å². The first-order valence-corrected chi connectivity index (χ1v) is 7.92. The van der Waals surface area contributed by atoms with E-state index in [-0.39, 0.29) is 36.4 Å². The summed E-state index contributed by atoms with van der Waals surface area (Å²) in [5.74, 6) is 1.47. The highest BCUT2D eigenvalue weighted by Crippen LogP contribution is 2.26. The van der Waals surface area contributed by atoms with Crippen molar-refractivity contribution in [1.29, 1.82) is 0 Å². The molecule has 6 nitrogen and oxygen atoms in total. The fourth-order valence-electron chi connectivity index (χ4n) is 2.70. The molecule has 1 aliphatic carbocycles. The van der Waals surface area contributed by atoms with E-state index in [9.17, 15) is 4.79 Å². The van der Waals surface area contributed by atoms with Crippen LogP contribution in [0.4, 0.5) is 0 Å². The maximum atomic E-state index is 11.6. The Hall–Kier alpha value is -0.570. The van der Waals surface area contributed by atoms with Crippen LogP contribution in [0.3, 0.4) is 0 Å². The summed E-state index contributed by atoms with van der Waals surface area (Å²) in [5, 5.41) is 9.26. The molecule has 0 radical (unpaired) electrons. The Morgan fingerprint density at radius 1 is 1.32 bits per heavy atom. The number of aliphatic imine (C=N–C) groups is 1. The second-order valence-electron chi connectivity index (χ2n) is 5.55. The predicted octanol–water partition coefficient (Wildman–Crippen LogP) is 1.50. The number of hydrogen-bond acceptors (Lipinski definition) is 3. The van der Waals surface area contributed by atoms with E-state index in [4.69, 9.17) is 4.74 Å².